The molecule has 0 unspecified atom stereocenters. The Bertz CT molecular complexity index is 2260. The van der Waals surface area contributed by atoms with E-state index in [1.165, 1.54) is 24.3 Å². The summed E-state index contributed by atoms with van der Waals surface area (Å²) in [4.78, 5) is 16.2. The van der Waals surface area contributed by atoms with Crippen LogP contribution in [0.4, 0.5) is 23.4 Å². The Labute approximate surface area is 291 Å². The Morgan fingerprint density at radius 1 is 1.08 bits per heavy atom. The summed E-state index contributed by atoms with van der Waals surface area (Å²) in [5.41, 5.74) is -0.134. The number of aromatic hydroxyl groups is 1. The van der Waals surface area contributed by atoms with Crippen molar-refractivity contribution in [3.05, 3.63) is 47.7 Å². The first kappa shape index (κ1) is 32.3. The van der Waals surface area contributed by atoms with Crippen LogP contribution in [-0.2, 0) is 7.05 Å². The second-order valence-corrected chi connectivity index (χ2v) is 14.6. The van der Waals surface area contributed by atoms with Crippen LogP contribution in [0.25, 0.3) is 43.7 Å². The smallest absolute Gasteiger partial charge is 0.319 e. The van der Waals surface area contributed by atoms with E-state index in [9.17, 15) is 13.9 Å². The molecule has 4 saturated heterocycles. The molecular formula is C38H37F4N7O2. The molecule has 6 heterocycles. The summed E-state index contributed by atoms with van der Waals surface area (Å²) in [6, 6.07) is 5.50. The lowest BCUT2D eigenvalue weighted by Crippen LogP contribution is -2.54. The molecule has 0 saturated carbocycles. The number of anilines is 1. The quantitative estimate of drug-likeness (QED) is 0.167. The average Bonchev–Trinajstić information content (AvgIpc) is 3.83. The zero-order valence-corrected chi connectivity index (χ0v) is 28.2. The topological polar surface area (TPSA) is 82.8 Å². The molecule has 5 aromatic rings. The maximum Gasteiger partial charge on any atom is 0.319 e. The van der Waals surface area contributed by atoms with Crippen LogP contribution in [0.5, 0.6) is 11.8 Å². The molecule has 13 heteroatoms. The second-order valence-electron chi connectivity index (χ2n) is 14.6. The molecule has 4 atom stereocenters. The van der Waals surface area contributed by atoms with Crippen molar-refractivity contribution in [2.24, 2.45) is 7.05 Å². The Morgan fingerprint density at radius 3 is 2.65 bits per heavy atom. The molecule has 2 bridgehead atoms. The van der Waals surface area contributed by atoms with Crippen LogP contribution in [0.2, 0.25) is 0 Å². The van der Waals surface area contributed by atoms with Gasteiger partial charge in [-0.1, -0.05) is 12.0 Å². The third kappa shape index (κ3) is 5.01. The van der Waals surface area contributed by atoms with Crippen molar-refractivity contribution in [1.29, 1.82) is 0 Å². The van der Waals surface area contributed by atoms with Gasteiger partial charge >= 0.3 is 6.01 Å². The Hall–Kier alpha value is -4.67. The van der Waals surface area contributed by atoms with Crippen LogP contribution < -0.4 is 9.64 Å². The number of phenolic OH excluding ortho intramolecular Hbond substituents is 1. The first-order valence-corrected chi connectivity index (χ1v) is 17.6. The van der Waals surface area contributed by atoms with Crippen LogP contribution in [0.15, 0.2) is 30.5 Å². The first-order chi connectivity index (χ1) is 24.7. The van der Waals surface area contributed by atoms with Gasteiger partial charge in [-0.2, -0.15) is 15.1 Å². The number of likely N-dealkylation sites (tertiary alicyclic amines) is 1. The van der Waals surface area contributed by atoms with Crippen molar-refractivity contribution >= 4 is 38.4 Å². The number of benzene rings is 3. The summed E-state index contributed by atoms with van der Waals surface area (Å²) in [6.07, 6.45) is 10.4. The van der Waals surface area contributed by atoms with Crippen molar-refractivity contribution in [2.75, 3.05) is 50.9 Å². The van der Waals surface area contributed by atoms with Crippen LogP contribution >= 0.6 is 0 Å². The molecule has 4 fully saturated rings. The molecule has 51 heavy (non-hydrogen) atoms. The van der Waals surface area contributed by atoms with Crippen molar-refractivity contribution in [2.45, 2.75) is 55.9 Å². The average molecular weight is 700 g/mol. The number of piperazine rings is 1. The number of aromatic nitrogens is 4. The van der Waals surface area contributed by atoms with E-state index in [0.717, 1.165) is 32.2 Å². The molecule has 0 amide bonds. The second kappa shape index (κ2) is 12.0. The van der Waals surface area contributed by atoms with Gasteiger partial charge in [0.25, 0.3) is 0 Å². The zero-order valence-electron chi connectivity index (χ0n) is 28.2. The highest BCUT2D eigenvalue weighted by atomic mass is 19.1. The predicted molar refractivity (Wildman–Crippen MR) is 187 cm³/mol. The van der Waals surface area contributed by atoms with Crippen LogP contribution in [-0.4, -0.2) is 104 Å². The number of terminal acetylenes is 1. The summed E-state index contributed by atoms with van der Waals surface area (Å²) in [6.45, 7) is 2.46. The van der Waals surface area contributed by atoms with Gasteiger partial charge in [-0.25, -0.2) is 17.6 Å². The molecule has 3 aromatic carbocycles. The SMILES string of the molecule is C#Cc1c(F)ccc2cc(O)cc(-c3c(F)c4nc(OC[C@@]56CCCN5C[C@H](F)C6)nc(N5[C@@H]6CC[C@H]5CN(CCF)C6)c4c4cn(C)nc34)c12. The number of alkyl halides is 2. The standard InChI is InChI=1S/C38H37F4N7O2/c1-3-26-29(41)8-5-21-13-25(50)14-27(30(21)26)31-33(42)35-32(28-19-46(2)45-34(28)31)36(49-23-6-7-24(49)18-47(17-23)12-10-39)44-37(43-35)51-20-38-9-4-11-48(38)16-22(40)15-38/h1,5,8,13-14,19,22-24,50H,4,6-7,9-12,15-18,20H2,2H3/t22-,23-,24+,38+/m1/s1. The number of rotatable bonds is 7. The minimum Gasteiger partial charge on any atom is -0.508 e. The Kier molecular flexibility index (Phi) is 7.56. The van der Waals surface area contributed by atoms with Gasteiger partial charge in [-0.05, 0) is 61.4 Å². The predicted octanol–water partition coefficient (Wildman–Crippen LogP) is 5.88. The Morgan fingerprint density at radius 2 is 1.88 bits per heavy atom. The first-order valence-electron chi connectivity index (χ1n) is 17.6. The number of phenols is 1. The monoisotopic (exact) mass is 699 g/mol. The van der Waals surface area contributed by atoms with E-state index in [2.05, 4.69) is 20.6 Å². The molecule has 0 radical (unpaired) electrons. The van der Waals surface area contributed by atoms with Gasteiger partial charge in [-0.3, -0.25) is 14.5 Å². The highest BCUT2D eigenvalue weighted by molar-refractivity contribution is 6.18. The maximum absolute atomic E-state index is 17.6. The highest BCUT2D eigenvalue weighted by Gasteiger charge is 2.49. The summed E-state index contributed by atoms with van der Waals surface area (Å²) in [5.74, 6) is 1.35. The van der Waals surface area contributed by atoms with Crippen molar-refractivity contribution in [3.63, 3.8) is 0 Å². The summed E-state index contributed by atoms with van der Waals surface area (Å²) in [5, 5.41) is 17.2. The van der Waals surface area contributed by atoms with Gasteiger partial charge in [0.2, 0.25) is 0 Å². The largest absolute Gasteiger partial charge is 0.508 e. The Balaban J connectivity index is 1.29. The van der Waals surface area contributed by atoms with E-state index in [0.29, 0.717) is 54.6 Å². The molecule has 1 N–H and O–H groups in total. The number of fused-ring (bicyclic) bond motifs is 7. The molecule has 9 nitrogen and oxygen atoms in total. The third-order valence-corrected chi connectivity index (χ3v) is 11.5. The molecule has 0 aliphatic carbocycles. The van der Waals surface area contributed by atoms with Crippen molar-refractivity contribution < 1.29 is 27.4 Å². The summed E-state index contributed by atoms with van der Waals surface area (Å²) >= 11 is 0. The van der Waals surface area contributed by atoms with E-state index in [-0.39, 0.29) is 63.6 Å². The normalized spacial score (nSPS) is 25.0. The van der Waals surface area contributed by atoms with Crippen LogP contribution in [0.1, 0.15) is 37.7 Å². The molecule has 264 valence electrons. The number of hydrogen-bond donors (Lipinski definition) is 1. The van der Waals surface area contributed by atoms with Gasteiger partial charge in [0.1, 0.15) is 47.9 Å². The number of ether oxygens (including phenoxy) is 1. The molecule has 9 rings (SSSR count). The van der Waals surface area contributed by atoms with Gasteiger partial charge in [0, 0.05) is 74.3 Å². The van der Waals surface area contributed by atoms with Crippen molar-refractivity contribution in [3.8, 4) is 35.2 Å². The maximum atomic E-state index is 17.6. The third-order valence-electron chi connectivity index (χ3n) is 11.5. The number of nitrogens with zero attached hydrogens (tertiary/aromatic N) is 7. The van der Waals surface area contributed by atoms with E-state index >= 15 is 8.78 Å². The van der Waals surface area contributed by atoms with E-state index in [4.69, 9.17) is 26.2 Å². The highest BCUT2D eigenvalue weighted by Crippen LogP contribution is 2.47. The molecule has 4 aliphatic heterocycles. The number of aryl methyl sites for hydroxylation is 1. The van der Waals surface area contributed by atoms with E-state index < -0.39 is 30.0 Å². The summed E-state index contributed by atoms with van der Waals surface area (Å²) < 4.78 is 68.9. The lowest BCUT2D eigenvalue weighted by Gasteiger charge is -2.42. The van der Waals surface area contributed by atoms with Crippen LogP contribution in [0, 0.1) is 24.0 Å². The molecule has 4 aliphatic rings. The lowest BCUT2D eigenvalue weighted by molar-refractivity contribution is 0.107. The fourth-order valence-electron chi connectivity index (χ4n) is 9.46. The minimum absolute atomic E-state index is 0.00192. The van der Waals surface area contributed by atoms with Gasteiger partial charge < -0.3 is 14.7 Å². The zero-order chi connectivity index (χ0) is 35.2. The molecular weight excluding hydrogens is 662 g/mol. The molecule has 2 aromatic heterocycles. The van der Waals surface area contributed by atoms with Crippen molar-refractivity contribution in [1.82, 2.24) is 29.5 Å². The number of hydrogen-bond acceptors (Lipinski definition) is 8. The van der Waals surface area contributed by atoms with E-state index in [1.54, 1.807) is 17.9 Å². The fourth-order valence-corrected chi connectivity index (χ4v) is 9.46. The number of halogens is 4. The van der Waals surface area contributed by atoms with Gasteiger partial charge in [0.05, 0.1) is 16.5 Å². The fraction of sp³-hybridized carbons (Fsp3) is 0.447. The van der Waals surface area contributed by atoms with E-state index in [1.807, 2.05) is 0 Å². The summed E-state index contributed by atoms with van der Waals surface area (Å²) in [7, 11) is 1.73. The van der Waals surface area contributed by atoms with Crippen LogP contribution in [0.3, 0.4) is 0 Å². The minimum atomic E-state index is -0.952. The van der Waals surface area contributed by atoms with Gasteiger partial charge in [-0.15, -0.1) is 6.42 Å². The van der Waals surface area contributed by atoms with Gasteiger partial charge in [0.15, 0.2) is 5.82 Å². The molecule has 0 spiro atoms. The lowest BCUT2D eigenvalue weighted by atomic mass is 9.91.